The molecule has 0 heterocycles. The van der Waals surface area contributed by atoms with Gasteiger partial charge in [0.2, 0.25) is 0 Å². The van der Waals surface area contributed by atoms with Gasteiger partial charge in [-0.1, -0.05) is 0 Å². The molecule has 0 amide bonds. The van der Waals surface area contributed by atoms with E-state index in [1.54, 1.807) is 0 Å². The second-order valence-electron chi connectivity index (χ2n) is 1.89. The molecular weight excluding hydrogens is 138 g/mol. The van der Waals surface area contributed by atoms with Crippen LogP contribution in [0.25, 0.3) is 0 Å². The Morgan fingerprint density at radius 1 is 1.80 bits per heavy atom. The van der Waals surface area contributed by atoms with Crippen LogP contribution in [0.1, 0.15) is 0 Å². The number of ether oxygens (including phenoxy) is 1. The molecule has 5 nitrogen and oxygen atoms in total. The van der Waals surface area contributed by atoms with Gasteiger partial charge >= 0.3 is 5.97 Å². The number of methoxy groups -OCH3 is 1. The van der Waals surface area contributed by atoms with Gasteiger partial charge in [-0.15, -0.1) is 0 Å². The van der Waals surface area contributed by atoms with Crippen molar-refractivity contribution in [3.8, 4) is 0 Å². The lowest BCUT2D eigenvalue weighted by atomic mass is 10.2. The van der Waals surface area contributed by atoms with Gasteiger partial charge in [0.15, 0.2) is 0 Å². The van der Waals surface area contributed by atoms with Crippen molar-refractivity contribution in [3.05, 3.63) is 0 Å². The van der Waals surface area contributed by atoms with Gasteiger partial charge in [0, 0.05) is 7.11 Å². The topological polar surface area (TPSA) is 92.8 Å². The van der Waals surface area contributed by atoms with Crippen molar-refractivity contribution >= 4 is 5.97 Å². The fourth-order valence-corrected chi connectivity index (χ4v) is 0.439. The number of aliphatic hydroxyl groups excluding tert-OH is 1. The lowest BCUT2D eigenvalue weighted by Crippen LogP contribution is -2.44. The first-order valence-corrected chi connectivity index (χ1v) is 2.75. The molecule has 0 fully saturated rings. The highest BCUT2D eigenvalue weighted by Gasteiger charge is 2.20. The number of carbonyl (C=O) groups is 1. The van der Waals surface area contributed by atoms with Crippen molar-refractivity contribution in [2.24, 2.45) is 5.73 Å². The normalized spacial score (nSPS) is 16.3. The van der Waals surface area contributed by atoms with Crippen molar-refractivity contribution < 1.29 is 19.7 Å². The summed E-state index contributed by atoms with van der Waals surface area (Å²) in [5.41, 5.74) is 5.02. The van der Waals surface area contributed by atoms with E-state index in [-0.39, 0.29) is 6.61 Å². The maximum atomic E-state index is 10.1. The number of carboxylic acid groups (broad SMARTS) is 1. The molecule has 0 bridgehead atoms. The van der Waals surface area contributed by atoms with Crippen molar-refractivity contribution in [1.29, 1.82) is 0 Å². The lowest BCUT2D eigenvalue weighted by molar-refractivity contribution is -0.142. The molecule has 2 atom stereocenters. The van der Waals surface area contributed by atoms with Crippen LogP contribution in [0.4, 0.5) is 0 Å². The van der Waals surface area contributed by atoms with E-state index in [4.69, 9.17) is 15.9 Å². The van der Waals surface area contributed by atoms with Gasteiger partial charge in [-0.05, 0) is 0 Å². The van der Waals surface area contributed by atoms with E-state index >= 15 is 0 Å². The number of rotatable bonds is 4. The first-order chi connectivity index (χ1) is 4.59. The van der Waals surface area contributed by atoms with Crippen LogP contribution in [-0.4, -0.2) is 42.0 Å². The maximum absolute atomic E-state index is 10.1. The smallest absolute Gasteiger partial charge is 0.323 e. The Morgan fingerprint density at radius 3 is 2.60 bits per heavy atom. The number of hydrogen-bond donors (Lipinski definition) is 3. The molecule has 0 saturated heterocycles. The highest BCUT2D eigenvalue weighted by Crippen LogP contribution is 1.90. The predicted octanol–water partition coefficient (Wildman–Crippen LogP) is -1.59. The summed E-state index contributed by atoms with van der Waals surface area (Å²) in [4.78, 5) is 10.1. The third kappa shape index (κ3) is 2.77. The first kappa shape index (κ1) is 9.35. The molecule has 0 aromatic rings. The first-order valence-electron chi connectivity index (χ1n) is 2.75. The van der Waals surface area contributed by atoms with Crippen LogP contribution in [0, 0.1) is 0 Å². The van der Waals surface area contributed by atoms with Gasteiger partial charge in [-0.2, -0.15) is 0 Å². The van der Waals surface area contributed by atoms with Crippen molar-refractivity contribution in [1.82, 2.24) is 0 Å². The fourth-order valence-electron chi connectivity index (χ4n) is 0.439. The van der Waals surface area contributed by atoms with Crippen LogP contribution in [-0.2, 0) is 9.53 Å². The SMILES string of the molecule is COC[C@@H](O)[C@H](N)C(=O)O. The Hall–Kier alpha value is -0.650. The van der Waals surface area contributed by atoms with E-state index in [9.17, 15) is 4.79 Å². The van der Waals surface area contributed by atoms with Gasteiger partial charge in [0.25, 0.3) is 0 Å². The summed E-state index contributed by atoms with van der Waals surface area (Å²) in [6.45, 7) is -0.0620. The Kier molecular flexibility index (Phi) is 3.94. The average molecular weight is 149 g/mol. The van der Waals surface area contributed by atoms with Gasteiger partial charge in [-0.25, -0.2) is 0 Å². The van der Waals surface area contributed by atoms with Crippen LogP contribution in [0.3, 0.4) is 0 Å². The summed E-state index contributed by atoms with van der Waals surface area (Å²) in [7, 11) is 1.36. The maximum Gasteiger partial charge on any atom is 0.323 e. The molecule has 0 aromatic heterocycles. The van der Waals surface area contributed by atoms with E-state index in [0.717, 1.165) is 0 Å². The number of hydrogen-bond acceptors (Lipinski definition) is 4. The van der Waals surface area contributed by atoms with Crippen LogP contribution in [0.2, 0.25) is 0 Å². The predicted molar refractivity (Wildman–Crippen MR) is 33.5 cm³/mol. The van der Waals surface area contributed by atoms with Crippen LogP contribution < -0.4 is 5.73 Å². The summed E-state index contributed by atoms with van der Waals surface area (Å²) >= 11 is 0. The van der Waals surface area contributed by atoms with E-state index in [1.807, 2.05) is 0 Å². The summed E-state index contributed by atoms with van der Waals surface area (Å²) in [5, 5.41) is 17.1. The number of carboxylic acids is 1. The molecule has 4 N–H and O–H groups in total. The van der Waals surface area contributed by atoms with Crippen molar-refractivity contribution in [2.75, 3.05) is 13.7 Å². The third-order valence-electron chi connectivity index (χ3n) is 1.04. The minimum atomic E-state index is -1.26. The quantitative estimate of drug-likeness (QED) is 0.448. The van der Waals surface area contributed by atoms with Gasteiger partial charge in [0.05, 0.1) is 6.61 Å². The Labute approximate surface area is 58.4 Å². The molecule has 0 aliphatic heterocycles. The van der Waals surface area contributed by atoms with E-state index in [1.165, 1.54) is 7.11 Å². The zero-order valence-electron chi connectivity index (χ0n) is 5.65. The number of aliphatic carboxylic acids is 1. The Balaban J connectivity index is 3.69. The number of aliphatic hydroxyl groups is 1. The van der Waals surface area contributed by atoms with Crippen molar-refractivity contribution in [2.45, 2.75) is 12.1 Å². The Bertz CT molecular complexity index is 116. The molecule has 0 aliphatic rings. The average Bonchev–Trinajstić information content (AvgIpc) is 1.87. The van der Waals surface area contributed by atoms with Gasteiger partial charge < -0.3 is 20.7 Å². The van der Waals surface area contributed by atoms with Gasteiger partial charge in [-0.3, -0.25) is 4.79 Å². The number of nitrogens with two attached hydrogens (primary N) is 1. The third-order valence-corrected chi connectivity index (χ3v) is 1.04. The summed E-state index contributed by atoms with van der Waals surface area (Å²) in [6.07, 6.45) is -1.14. The van der Waals surface area contributed by atoms with E-state index in [2.05, 4.69) is 4.74 Å². The lowest BCUT2D eigenvalue weighted by Gasteiger charge is -2.12. The largest absolute Gasteiger partial charge is 0.480 e. The zero-order chi connectivity index (χ0) is 8.15. The zero-order valence-corrected chi connectivity index (χ0v) is 5.65. The molecule has 0 saturated carbocycles. The van der Waals surface area contributed by atoms with Crippen LogP contribution >= 0.6 is 0 Å². The molecule has 5 heteroatoms. The van der Waals surface area contributed by atoms with E-state index < -0.39 is 18.1 Å². The molecule has 0 rings (SSSR count). The molecule has 0 aromatic carbocycles. The molecule has 60 valence electrons. The molecule has 0 radical (unpaired) electrons. The summed E-state index contributed by atoms with van der Waals surface area (Å²) < 4.78 is 4.48. The van der Waals surface area contributed by atoms with Crippen molar-refractivity contribution in [3.63, 3.8) is 0 Å². The standard InChI is InChI=1S/C5H11NO4/c1-10-2-3(7)4(6)5(8)9/h3-4,7H,2,6H2,1H3,(H,8,9)/t3-,4+/m1/s1. The monoisotopic (exact) mass is 149 g/mol. The molecule has 0 spiro atoms. The second-order valence-corrected chi connectivity index (χ2v) is 1.89. The van der Waals surface area contributed by atoms with Crippen LogP contribution in [0.5, 0.6) is 0 Å². The minimum absolute atomic E-state index is 0.0620. The molecule has 0 aliphatic carbocycles. The molecule has 10 heavy (non-hydrogen) atoms. The highest BCUT2D eigenvalue weighted by atomic mass is 16.5. The molecular formula is C5H11NO4. The van der Waals surface area contributed by atoms with E-state index in [0.29, 0.717) is 0 Å². The summed E-state index contributed by atoms with van der Waals surface area (Å²) in [5.74, 6) is -1.23. The fraction of sp³-hybridized carbons (Fsp3) is 0.800. The second kappa shape index (κ2) is 4.21. The highest BCUT2D eigenvalue weighted by molar-refractivity contribution is 5.73. The van der Waals surface area contributed by atoms with Crippen LogP contribution in [0.15, 0.2) is 0 Å². The minimum Gasteiger partial charge on any atom is -0.480 e. The Morgan fingerprint density at radius 2 is 2.30 bits per heavy atom. The molecule has 0 unspecified atom stereocenters. The van der Waals surface area contributed by atoms with Gasteiger partial charge in [0.1, 0.15) is 12.1 Å². The summed E-state index contributed by atoms with van der Waals surface area (Å²) in [6, 6.07) is -1.26.